The molecular weight excluding hydrogens is 358 g/mol. The van der Waals surface area contributed by atoms with Gasteiger partial charge >= 0.3 is 0 Å². The summed E-state index contributed by atoms with van der Waals surface area (Å²) in [5.74, 6) is 0.0201. The lowest BCUT2D eigenvalue weighted by Crippen LogP contribution is -2.41. The number of benzene rings is 1. The number of aliphatic hydroxyl groups is 1. The van der Waals surface area contributed by atoms with Gasteiger partial charge in [0.05, 0.1) is 30.4 Å². The van der Waals surface area contributed by atoms with Gasteiger partial charge in [0.25, 0.3) is 0 Å². The number of oxime groups is 1. The molecule has 1 saturated carbocycles. The number of rotatable bonds is 7. The van der Waals surface area contributed by atoms with Crippen molar-refractivity contribution >= 4 is 14.0 Å². The van der Waals surface area contributed by atoms with Crippen molar-refractivity contribution in [3.8, 4) is 0 Å². The predicted octanol–water partition coefficient (Wildman–Crippen LogP) is 4.12. The Morgan fingerprint density at radius 2 is 1.93 bits per heavy atom. The maximum atomic E-state index is 10.3. The average molecular weight is 392 g/mol. The number of hydrogen-bond acceptors (Lipinski definition) is 5. The molecule has 0 amide bonds. The third-order valence-electron chi connectivity index (χ3n) is 6.22. The van der Waals surface area contributed by atoms with Gasteiger partial charge in [-0.2, -0.15) is 0 Å². The molecule has 1 aliphatic heterocycles. The van der Waals surface area contributed by atoms with Gasteiger partial charge in [0.1, 0.15) is 0 Å². The molecule has 1 fully saturated rings. The van der Waals surface area contributed by atoms with E-state index in [1.165, 1.54) is 0 Å². The molecule has 6 heteroatoms. The second kappa shape index (κ2) is 8.03. The van der Waals surface area contributed by atoms with E-state index in [1.807, 2.05) is 18.2 Å². The molecule has 1 aliphatic carbocycles. The second-order valence-electron chi connectivity index (χ2n) is 9.18. The lowest BCUT2D eigenvalue weighted by atomic mass is 9.96. The molecule has 27 heavy (non-hydrogen) atoms. The van der Waals surface area contributed by atoms with E-state index in [4.69, 9.17) is 14.0 Å². The molecule has 0 radical (unpaired) electrons. The molecule has 0 saturated heterocycles. The molecule has 1 heterocycles. The summed E-state index contributed by atoms with van der Waals surface area (Å²) in [6.45, 7) is 12.4. The molecule has 3 rings (SSSR count). The molecule has 0 bridgehead atoms. The molecule has 0 aromatic heterocycles. The Balaban J connectivity index is 1.57. The van der Waals surface area contributed by atoms with E-state index in [-0.39, 0.29) is 23.2 Å². The fourth-order valence-corrected chi connectivity index (χ4v) is 4.53. The lowest BCUT2D eigenvalue weighted by Gasteiger charge is -2.36. The van der Waals surface area contributed by atoms with Crippen LogP contribution in [0, 0.1) is 5.92 Å². The fourth-order valence-electron chi connectivity index (χ4n) is 3.49. The Morgan fingerprint density at radius 1 is 1.22 bits per heavy atom. The zero-order valence-corrected chi connectivity index (χ0v) is 18.1. The van der Waals surface area contributed by atoms with Crippen molar-refractivity contribution in [2.45, 2.75) is 76.7 Å². The minimum absolute atomic E-state index is 0.0201. The highest BCUT2D eigenvalue weighted by atomic mass is 28.4. The first-order valence-electron chi connectivity index (χ1n) is 9.89. The molecule has 4 atom stereocenters. The van der Waals surface area contributed by atoms with Gasteiger partial charge in [-0.15, -0.1) is 0 Å². The molecule has 0 spiro atoms. The average Bonchev–Trinajstić information content (AvgIpc) is 3.15. The summed E-state index contributed by atoms with van der Waals surface area (Å²) in [7, 11) is -1.78. The van der Waals surface area contributed by atoms with Crippen LogP contribution in [0.4, 0.5) is 0 Å². The molecular formula is C21H33NO4Si. The number of nitrogens with zero attached hydrogens (tertiary/aromatic N) is 1. The Labute approximate surface area is 163 Å². The first kappa shape index (κ1) is 20.5. The van der Waals surface area contributed by atoms with Crippen LogP contribution in [0.2, 0.25) is 18.1 Å². The van der Waals surface area contributed by atoms with E-state index in [0.717, 1.165) is 17.7 Å². The van der Waals surface area contributed by atoms with Gasteiger partial charge in [-0.05, 0) is 23.7 Å². The van der Waals surface area contributed by atoms with Crippen molar-refractivity contribution in [2.75, 3.05) is 6.61 Å². The largest absolute Gasteiger partial charge is 0.416 e. The lowest BCUT2D eigenvalue weighted by molar-refractivity contribution is -0.0134. The zero-order chi connectivity index (χ0) is 19.7. The summed E-state index contributed by atoms with van der Waals surface area (Å²) in [6, 6.07) is 10.1. The minimum Gasteiger partial charge on any atom is -0.416 e. The number of ether oxygens (including phenoxy) is 1. The molecule has 150 valence electrons. The number of hydrogen-bond donors (Lipinski definition) is 1. The Bertz CT molecular complexity index is 656. The zero-order valence-electron chi connectivity index (χ0n) is 17.1. The van der Waals surface area contributed by atoms with Crippen LogP contribution in [-0.2, 0) is 20.6 Å². The van der Waals surface area contributed by atoms with Crippen molar-refractivity contribution in [1.29, 1.82) is 0 Å². The van der Waals surface area contributed by atoms with Gasteiger partial charge < -0.3 is 19.1 Å². The molecule has 5 nitrogen and oxygen atoms in total. The Kier molecular flexibility index (Phi) is 6.10. The summed E-state index contributed by atoms with van der Waals surface area (Å²) >= 11 is 0. The van der Waals surface area contributed by atoms with Crippen LogP contribution < -0.4 is 0 Å². The molecule has 1 aromatic rings. The predicted molar refractivity (Wildman–Crippen MR) is 109 cm³/mol. The SMILES string of the molecule is CC(C)(C)[Si](C)(C)OCCC1=NO[C@@H]2[C@H]1[C@@H](OCc1ccccc1)C[C@@H]2O. The minimum atomic E-state index is -1.78. The summed E-state index contributed by atoms with van der Waals surface area (Å²) in [5.41, 5.74) is 2.10. The first-order valence-corrected chi connectivity index (χ1v) is 12.8. The smallest absolute Gasteiger partial charge is 0.191 e. The van der Waals surface area contributed by atoms with Gasteiger partial charge in [0.2, 0.25) is 0 Å². The maximum absolute atomic E-state index is 10.3. The third kappa shape index (κ3) is 4.62. The van der Waals surface area contributed by atoms with Crippen LogP contribution in [0.5, 0.6) is 0 Å². The van der Waals surface area contributed by atoms with Crippen LogP contribution in [0.25, 0.3) is 0 Å². The standard InChI is InChI=1S/C21H33NO4Si/c1-21(2,3)27(4,5)25-12-11-16-19-18(13-17(23)20(19)26-22-16)24-14-15-9-7-6-8-10-15/h6-10,17-20,23H,11-14H2,1-5H3/t17-,18-,19+,20-/m0/s1. The monoisotopic (exact) mass is 391 g/mol. The summed E-state index contributed by atoms with van der Waals surface area (Å²) in [5, 5.41) is 14.8. The Morgan fingerprint density at radius 3 is 2.59 bits per heavy atom. The summed E-state index contributed by atoms with van der Waals surface area (Å²) in [4.78, 5) is 5.55. The topological polar surface area (TPSA) is 60.3 Å². The van der Waals surface area contributed by atoms with Crippen LogP contribution in [0.3, 0.4) is 0 Å². The van der Waals surface area contributed by atoms with Gasteiger partial charge in [-0.1, -0.05) is 56.3 Å². The van der Waals surface area contributed by atoms with Crippen LogP contribution in [-0.4, -0.2) is 44.1 Å². The van der Waals surface area contributed by atoms with E-state index < -0.39 is 14.4 Å². The highest BCUT2D eigenvalue weighted by molar-refractivity contribution is 6.74. The molecule has 0 unspecified atom stereocenters. The number of fused-ring (bicyclic) bond motifs is 1. The van der Waals surface area contributed by atoms with Crippen LogP contribution in [0.1, 0.15) is 39.2 Å². The molecule has 1 N–H and O–H groups in total. The number of aliphatic hydroxyl groups excluding tert-OH is 1. The van der Waals surface area contributed by atoms with E-state index in [0.29, 0.717) is 19.6 Å². The first-order chi connectivity index (χ1) is 12.7. The van der Waals surface area contributed by atoms with Gasteiger partial charge in [0, 0.05) is 19.4 Å². The van der Waals surface area contributed by atoms with Gasteiger partial charge in [-0.3, -0.25) is 0 Å². The Hall–Kier alpha value is -1.21. The highest BCUT2D eigenvalue weighted by Gasteiger charge is 2.51. The van der Waals surface area contributed by atoms with Crippen molar-refractivity contribution in [1.82, 2.24) is 0 Å². The van der Waals surface area contributed by atoms with Crippen molar-refractivity contribution in [3.63, 3.8) is 0 Å². The van der Waals surface area contributed by atoms with E-state index in [1.54, 1.807) is 0 Å². The normalized spacial score (nSPS) is 28.0. The summed E-state index contributed by atoms with van der Waals surface area (Å²) < 4.78 is 12.4. The quantitative estimate of drug-likeness (QED) is 0.710. The second-order valence-corrected chi connectivity index (χ2v) is 14.0. The summed E-state index contributed by atoms with van der Waals surface area (Å²) in [6.07, 6.45) is 0.432. The van der Waals surface area contributed by atoms with Crippen LogP contribution >= 0.6 is 0 Å². The third-order valence-corrected chi connectivity index (χ3v) is 10.8. The van der Waals surface area contributed by atoms with Gasteiger partial charge in [-0.25, -0.2) is 0 Å². The van der Waals surface area contributed by atoms with E-state index >= 15 is 0 Å². The van der Waals surface area contributed by atoms with E-state index in [2.05, 4.69) is 51.2 Å². The van der Waals surface area contributed by atoms with Crippen molar-refractivity contribution < 1.29 is 19.1 Å². The highest BCUT2D eigenvalue weighted by Crippen LogP contribution is 2.39. The van der Waals surface area contributed by atoms with E-state index in [9.17, 15) is 5.11 Å². The van der Waals surface area contributed by atoms with Crippen LogP contribution in [0.15, 0.2) is 35.5 Å². The fraction of sp³-hybridized carbons (Fsp3) is 0.667. The van der Waals surface area contributed by atoms with Gasteiger partial charge in [0.15, 0.2) is 14.4 Å². The van der Waals surface area contributed by atoms with Crippen molar-refractivity contribution in [3.05, 3.63) is 35.9 Å². The molecule has 2 aliphatic rings. The maximum Gasteiger partial charge on any atom is 0.191 e. The molecule has 1 aromatic carbocycles. The van der Waals surface area contributed by atoms with Crippen molar-refractivity contribution in [2.24, 2.45) is 11.1 Å².